The van der Waals surface area contributed by atoms with Gasteiger partial charge in [-0.2, -0.15) is 0 Å². The molecular formula is C13H18N2O3S. The topological polar surface area (TPSA) is 78.4 Å². The van der Waals surface area contributed by atoms with Gasteiger partial charge in [-0.15, -0.1) is 11.8 Å². The molecule has 0 aliphatic rings. The van der Waals surface area contributed by atoms with Crippen molar-refractivity contribution in [2.75, 3.05) is 11.6 Å². The number of carboxylic acid groups (broad SMARTS) is 1. The summed E-state index contributed by atoms with van der Waals surface area (Å²) in [7, 11) is 0. The van der Waals surface area contributed by atoms with E-state index in [0.717, 1.165) is 10.6 Å². The standard InChI is InChI=1S/C13H18N2O3S/c1-9(6-7-12(16)17)14-13(18)15-10-4-3-5-11(8-10)19-2/h3-5,8-9H,6-7H2,1-2H3,(H,16,17)(H2,14,15,18). The molecule has 19 heavy (non-hydrogen) atoms. The number of benzene rings is 1. The van der Waals surface area contributed by atoms with Crippen molar-refractivity contribution in [1.29, 1.82) is 0 Å². The molecule has 1 aromatic carbocycles. The Bertz CT molecular complexity index is 451. The number of nitrogens with one attached hydrogen (secondary N) is 2. The van der Waals surface area contributed by atoms with Crippen molar-refractivity contribution in [3.63, 3.8) is 0 Å². The fraction of sp³-hybridized carbons (Fsp3) is 0.385. The van der Waals surface area contributed by atoms with Crippen LogP contribution in [-0.4, -0.2) is 29.4 Å². The SMILES string of the molecule is CSc1cccc(NC(=O)NC(C)CCC(=O)O)c1. The van der Waals surface area contributed by atoms with Gasteiger partial charge in [-0.25, -0.2) is 4.79 Å². The molecule has 1 atom stereocenters. The average Bonchev–Trinajstić information content (AvgIpc) is 2.36. The summed E-state index contributed by atoms with van der Waals surface area (Å²) >= 11 is 1.60. The number of anilines is 1. The molecule has 0 aliphatic heterocycles. The van der Waals surface area contributed by atoms with Gasteiger partial charge >= 0.3 is 12.0 Å². The van der Waals surface area contributed by atoms with Gasteiger partial charge < -0.3 is 15.7 Å². The Balaban J connectivity index is 2.43. The van der Waals surface area contributed by atoms with Gasteiger partial charge in [0.1, 0.15) is 0 Å². The van der Waals surface area contributed by atoms with Crippen LogP contribution in [0.1, 0.15) is 19.8 Å². The highest BCUT2D eigenvalue weighted by atomic mass is 32.2. The lowest BCUT2D eigenvalue weighted by Gasteiger charge is -2.14. The van der Waals surface area contributed by atoms with Gasteiger partial charge in [-0.3, -0.25) is 4.79 Å². The number of aliphatic carboxylic acids is 1. The summed E-state index contributed by atoms with van der Waals surface area (Å²) < 4.78 is 0. The van der Waals surface area contributed by atoms with Crippen LogP contribution in [0.25, 0.3) is 0 Å². The van der Waals surface area contributed by atoms with Crippen LogP contribution in [0.5, 0.6) is 0 Å². The molecule has 3 N–H and O–H groups in total. The van der Waals surface area contributed by atoms with Gasteiger partial charge in [0, 0.05) is 23.0 Å². The Morgan fingerprint density at radius 2 is 2.16 bits per heavy atom. The Labute approximate surface area is 116 Å². The van der Waals surface area contributed by atoms with E-state index >= 15 is 0 Å². The fourth-order valence-corrected chi connectivity index (χ4v) is 1.96. The average molecular weight is 282 g/mol. The molecule has 0 bridgehead atoms. The van der Waals surface area contributed by atoms with E-state index in [1.807, 2.05) is 24.5 Å². The molecule has 1 rings (SSSR count). The third-order valence-corrected chi connectivity index (χ3v) is 3.22. The maximum Gasteiger partial charge on any atom is 0.319 e. The number of carboxylic acids is 1. The van der Waals surface area contributed by atoms with E-state index in [0.29, 0.717) is 6.42 Å². The van der Waals surface area contributed by atoms with Crippen LogP contribution in [0.15, 0.2) is 29.2 Å². The first-order valence-corrected chi connectivity index (χ1v) is 7.17. The quantitative estimate of drug-likeness (QED) is 0.701. The van der Waals surface area contributed by atoms with E-state index < -0.39 is 5.97 Å². The zero-order valence-electron chi connectivity index (χ0n) is 11.0. The molecule has 2 amide bonds. The van der Waals surface area contributed by atoms with Gasteiger partial charge in [0.2, 0.25) is 0 Å². The summed E-state index contributed by atoms with van der Waals surface area (Å²) in [5.41, 5.74) is 0.717. The normalized spacial score (nSPS) is 11.7. The van der Waals surface area contributed by atoms with Crippen LogP contribution in [-0.2, 0) is 4.79 Å². The Hall–Kier alpha value is -1.69. The molecule has 104 valence electrons. The summed E-state index contributed by atoms with van der Waals surface area (Å²) in [6.07, 6.45) is 2.42. The Morgan fingerprint density at radius 1 is 1.42 bits per heavy atom. The van der Waals surface area contributed by atoms with Crippen molar-refractivity contribution >= 4 is 29.4 Å². The van der Waals surface area contributed by atoms with E-state index in [9.17, 15) is 9.59 Å². The second-order valence-corrected chi connectivity index (χ2v) is 5.04. The highest BCUT2D eigenvalue weighted by Crippen LogP contribution is 2.18. The molecule has 5 nitrogen and oxygen atoms in total. The Morgan fingerprint density at radius 3 is 2.79 bits per heavy atom. The number of amides is 2. The van der Waals surface area contributed by atoms with Gasteiger partial charge in [-0.05, 0) is 37.8 Å². The first kappa shape index (κ1) is 15.4. The lowest BCUT2D eigenvalue weighted by Crippen LogP contribution is -2.36. The number of carbonyl (C=O) groups excluding carboxylic acids is 1. The molecule has 0 fully saturated rings. The third-order valence-electron chi connectivity index (χ3n) is 2.50. The van der Waals surface area contributed by atoms with Crippen molar-refractivity contribution in [2.24, 2.45) is 0 Å². The number of urea groups is 1. The van der Waals surface area contributed by atoms with Crippen LogP contribution >= 0.6 is 11.8 Å². The lowest BCUT2D eigenvalue weighted by molar-refractivity contribution is -0.137. The minimum atomic E-state index is -0.860. The van der Waals surface area contributed by atoms with E-state index in [-0.39, 0.29) is 18.5 Å². The fourth-order valence-electron chi connectivity index (χ4n) is 1.50. The summed E-state index contributed by atoms with van der Waals surface area (Å²) in [4.78, 5) is 23.2. The highest BCUT2D eigenvalue weighted by Gasteiger charge is 2.09. The molecule has 0 spiro atoms. The van der Waals surface area contributed by atoms with Crippen molar-refractivity contribution in [1.82, 2.24) is 5.32 Å². The van der Waals surface area contributed by atoms with Crippen molar-refractivity contribution in [2.45, 2.75) is 30.7 Å². The first-order valence-electron chi connectivity index (χ1n) is 5.94. The number of carbonyl (C=O) groups is 2. The number of hydrogen-bond acceptors (Lipinski definition) is 3. The molecule has 1 aromatic rings. The molecule has 0 aliphatic carbocycles. The van der Waals surface area contributed by atoms with Crippen LogP contribution in [0.2, 0.25) is 0 Å². The minimum absolute atomic E-state index is 0.0450. The molecule has 0 aromatic heterocycles. The van der Waals surface area contributed by atoms with E-state index in [2.05, 4.69) is 10.6 Å². The van der Waals surface area contributed by atoms with Gasteiger partial charge in [-0.1, -0.05) is 6.07 Å². The van der Waals surface area contributed by atoms with Crippen molar-refractivity contribution in [3.8, 4) is 0 Å². The molecule has 0 heterocycles. The zero-order chi connectivity index (χ0) is 14.3. The maximum atomic E-state index is 11.7. The van der Waals surface area contributed by atoms with E-state index in [1.165, 1.54) is 0 Å². The van der Waals surface area contributed by atoms with E-state index in [4.69, 9.17) is 5.11 Å². The largest absolute Gasteiger partial charge is 0.481 e. The monoisotopic (exact) mass is 282 g/mol. The summed E-state index contributed by atoms with van der Waals surface area (Å²) in [6.45, 7) is 1.78. The van der Waals surface area contributed by atoms with Crippen LogP contribution in [0.3, 0.4) is 0 Å². The smallest absolute Gasteiger partial charge is 0.319 e. The van der Waals surface area contributed by atoms with Crippen molar-refractivity contribution in [3.05, 3.63) is 24.3 Å². The summed E-state index contributed by atoms with van der Waals surface area (Å²) in [5.74, 6) is -0.860. The molecule has 1 unspecified atom stereocenters. The van der Waals surface area contributed by atoms with Crippen LogP contribution in [0.4, 0.5) is 10.5 Å². The van der Waals surface area contributed by atoms with Gasteiger partial charge in [0.25, 0.3) is 0 Å². The van der Waals surface area contributed by atoms with E-state index in [1.54, 1.807) is 24.8 Å². The van der Waals surface area contributed by atoms with Gasteiger partial charge in [0.15, 0.2) is 0 Å². The highest BCUT2D eigenvalue weighted by molar-refractivity contribution is 7.98. The molecule has 0 saturated heterocycles. The second kappa shape index (κ2) is 7.68. The first-order chi connectivity index (χ1) is 9.01. The third kappa shape index (κ3) is 6.15. The van der Waals surface area contributed by atoms with Crippen molar-refractivity contribution < 1.29 is 14.7 Å². The Kier molecular flexibility index (Phi) is 6.21. The molecule has 6 heteroatoms. The second-order valence-electron chi connectivity index (χ2n) is 4.16. The predicted octanol–water partition coefficient (Wildman–Crippen LogP) is 2.78. The number of rotatable bonds is 6. The lowest BCUT2D eigenvalue weighted by atomic mass is 10.2. The van der Waals surface area contributed by atoms with Crippen LogP contribution < -0.4 is 10.6 Å². The van der Waals surface area contributed by atoms with Gasteiger partial charge in [0.05, 0.1) is 0 Å². The summed E-state index contributed by atoms with van der Waals surface area (Å²) in [5, 5.41) is 14.0. The molecular weight excluding hydrogens is 264 g/mol. The summed E-state index contributed by atoms with van der Waals surface area (Å²) in [6, 6.07) is 7.02. The molecule has 0 saturated carbocycles. The molecule has 0 radical (unpaired) electrons. The predicted molar refractivity (Wildman–Crippen MR) is 76.7 cm³/mol. The van der Waals surface area contributed by atoms with Crippen LogP contribution in [0, 0.1) is 0 Å². The minimum Gasteiger partial charge on any atom is -0.481 e. The number of hydrogen-bond donors (Lipinski definition) is 3. The zero-order valence-corrected chi connectivity index (χ0v) is 11.8. The number of thioether (sulfide) groups is 1. The maximum absolute atomic E-state index is 11.7.